The van der Waals surface area contributed by atoms with Gasteiger partial charge in [0.1, 0.15) is 0 Å². The highest BCUT2D eigenvalue weighted by Crippen LogP contribution is 2.05. The highest BCUT2D eigenvalue weighted by Gasteiger charge is 2.15. The number of aryl methyl sites for hydroxylation is 2. The number of hydrogen-bond donors (Lipinski definition) is 2. The predicted octanol–water partition coefficient (Wildman–Crippen LogP) is 1.09. The Kier molecular flexibility index (Phi) is 6.49. The van der Waals surface area contributed by atoms with E-state index >= 15 is 0 Å². The van der Waals surface area contributed by atoms with Gasteiger partial charge in [-0.3, -0.25) is 4.79 Å². The summed E-state index contributed by atoms with van der Waals surface area (Å²) in [5, 5.41) is 15.8. The fourth-order valence-electron chi connectivity index (χ4n) is 1.64. The summed E-state index contributed by atoms with van der Waals surface area (Å²) in [6.45, 7) is 5.90. The average molecular weight is 269 g/mol. The summed E-state index contributed by atoms with van der Waals surface area (Å²) in [5.41, 5.74) is 0. The number of aliphatic hydroxyl groups excluding tert-OH is 1. The number of amides is 1. The normalized spacial score (nSPS) is 12.7. The molecule has 1 atom stereocenters. The molecule has 1 heterocycles. The molecule has 1 unspecified atom stereocenters. The molecule has 1 amide bonds. The van der Waals surface area contributed by atoms with Gasteiger partial charge in [-0.1, -0.05) is 25.9 Å². The number of nitrogens with one attached hydrogen (secondary N) is 1. The fourth-order valence-corrected chi connectivity index (χ4v) is 1.64. The summed E-state index contributed by atoms with van der Waals surface area (Å²) in [5.74, 6) is 1.27. The van der Waals surface area contributed by atoms with Crippen molar-refractivity contribution < 1.29 is 14.4 Å². The molecule has 0 aliphatic carbocycles. The van der Waals surface area contributed by atoms with Crippen LogP contribution in [-0.4, -0.2) is 33.8 Å². The van der Waals surface area contributed by atoms with Crippen molar-refractivity contribution in [2.45, 2.75) is 52.5 Å². The van der Waals surface area contributed by atoms with Gasteiger partial charge in [-0.2, -0.15) is 4.98 Å². The zero-order valence-electron chi connectivity index (χ0n) is 11.8. The van der Waals surface area contributed by atoms with Crippen LogP contribution in [0.3, 0.4) is 0 Å². The van der Waals surface area contributed by atoms with Gasteiger partial charge in [0.25, 0.3) is 0 Å². The van der Waals surface area contributed by atoms with Gasteiger partial charge >= 0.3 is 0 Å². The zero-order chi connectivity index (χ0) is 14.3. The fraction of sp³-hybridized carbons (Fsp3) is 0.769. The molecule has 0 aliphatic rings. The Labute approximate surface area is 113 Å². The van der Waals surface area contributed by atoms with Crippen LogP contribution in [0.2, 0.25) is 0 Å². The summed E-state index contributed by atoms with van der Waals surface area (Å²) >= 11 is 0. The second-order valence-corrected chi connectivity index (χ2v) is 4.95. The molecule has 6 nitrogen and oxygen atoms in total. The van der Waals surface area contributed by atoms with Gasteiger partial charge in [0.05, 0.1) is 12.6 Å². The van der Waals surface area contributed by atoms with E-state index in [1.54, 1.807) is 0 Å². The third-order valence-corrected chi connectivity index (χ3v) is 2.90. The maximum Gasteiger partial charge on any atom is 0.227 e. The first-order valence-corrected chi connectivity index (χ1v) is 6.78. The maximum atomic E-state index is 11.7. The summed E-state index contributed by atoms with van der Waals surface area (Å²) in [6.07, 6.45) is 2.47. The van der Waals surface area contributed by atoms with Crippen LogP contribution >= 0.6 is 0 Å². The van der Waals surface area contributed by atoms with Crippen LogP contribution in [0, 0.1) is 5.92 Å². The van der Waals surface area contributed by atoms with E-state index in [0.29, 0.717) is 18.1 Å². The van der Waals surface area contributed by atoms with Gasteiger partial charge in [0.15, 0.2) is 5.82 Å². The minimum absolute atomic E-state index is 0.0510. The lowest BCUT2D eigenvalue weighted by Gasteiger charge is -2.19. The smallest absolute Gasteiger partial charge is 0.227 e. The minimum atomic E-state index is -0.203. The first-order chi connectivity index (χ1) is 9.06. The molecule has 1 aromatic rings. The van der Waals surface area contributed by atoms with Crippen molar-refractivity contribution in [2.75, 3.05) is 6.61 Å². The Hall–Kier alpha value is -1.43. The second kappa shape index (κ2) is 7.89. The van der Waals surface area contributed by atoms with E-state index in [0.717, 1.165) is 12.8 Å². The SMILES string of the molecule is CCCc1noc(CCC(=O)NC(CO)C(C)C)n1. The van der Waals surface area contributed by atoms with E-state index < -0.39 is 0 Å². The van der Waals surface area contributed by atoms with E-state index in [-0.39, 0.29) is 30.9 Å². The number of carbonyl (C=O) groups is 1. The molecule has 108 valence electrons. The van der Waals surface area contributed by atoms with Crippen molar-refractivity contribution in [1.29, 1.82) is 0 Å². The van der Waals surface area contributed by atoms with E-state index in [9.17, 15) is 4.79 Å². The van der Waals surface area contributed by atoms with Crippen molar-refractivity contribution in [3.05, 3.63) is 11.7 Å². The summed E-state index contributed by atoms with van der Waals surface area (Å²) in [7, 11) is 0. The van der Waals surface area contributed by atoms with E-state index in [1.165, 1.54) is 0 Å². The Morgan fingerprint density at radius 2 is 2.16 bits per heavy atom. The average Bonchev–Trinajstić information content (AvgIpc) is 2.81. The summed E-state index contributed by atoms with van der Waals surface area (Å²) < 4.78 is 5.06. The van der Waals surface area contributed by atoms with Crippen LogP contribution in [-0.2, 0) is 17.6 Å². The minimum Gasteiger partial charge on any atom is -0.394 e. The van der Waals surface area contributed by atoms with Crippen LogP contribution in [0.5, 0.6) is 0 Å². The first-order valence-electron chi connectivity index (χ1n) is 6.78. The standard InChI is InChI=1S/C13H23N3O3/c1-4-5-11-15-13(19-16-11)7-6-12(18)14-10(8-17)9(2)3/h9-10,17H,4-8H2,1-3H3,(H,14,18). The molecular formula is C13H23N3O3. The topological polar surface area (TPSA) is 88.2 Å². The maximum absolute atomic E-state index is 11.7. The highest BCUT2D eigenvalue weighted by molar-refractivity contribution is 5.76. The van der Waals surface area contributed by atoms with Gasteiger partial charge in [0.2, 0.25) is 11.8 Å². The lowest BCUT2D eigenvalue weighted by atomic mass is 10.1. The Balaban J connectivity index is 2.36. The van der Waals surface area contributed by atoms with Gasteiger partial charge < -0.3 is 14.9 Å². The number of aliphatic hydroxyl groups is 1. The number of carbonyl (C=O) groups excluding carboxylic acids is 1. The quantitative estimate of drug-likeness (QED) is 0.737. The zero-order valence-corrected chi connectivity index (χ0v) is 11.8. The summed E-state index contributed by atoms with van der Waals surface area (Å²) in [4.78, 5) is 15.9. The molecule has 1 rings (SSSR count). The number of nitrogens with zero attached hydrogens (tertiary/aromatic N) is 2. The third-order valence-electron chi connectivity index (χ3n) is 2.90. The van der Waals surface area contributed by atoms with Crippen molar-refractivity contribution in [3.8, 4) is 0 Å². The molecule has 0 fully saturated rings. The molecular weight excluding hydrogens is 246 g/mol. The second-order valence-electron chi connectivity index (χ2n) is 4.95. The Morgan fingerprint density at radius 1 is 1.42 bits per heavy atom. The third kappa shape index (κ3) is 5.38. The van der Waals surface area contributed by atoms with E-state index in [1.807, 2.05) is 20.8 Å². The van der Waals surface area contributed by atoms with Gasteiger partial charge in [0, 0.05) is 19.3 Å². The number of rotatable bonds is 8. The molecule has 0 aromatic carbocycles. The van der Waals surface area contributed by atoms with Crippen molar-refractivity contribution in [2.24, 2.45) is 5.92 Å². The summed E-state index contributed by atoms with van der Waals surface area (Å²) in [6, 6.07) is -0.203. The molecule has 2 N–H and O–H groups in total. The largest absolute Gasteiger partial charge is 0.394 e. The molecule has 6 heteroatoms. The Morgan fingerprint density at radius 3 is 2.74 bits per heavy atom. The van der Waals surface area contributed by atoms with Crippen LogP contribution < -0.4 is 5.32 Å². The lowest BCUT2D eigenvalue weighted by molar-refractivity contribution is -0.122. The predicted molar refractivity (Wildman–Crippen MR) is 70.5 cm³/mol. The highest BCUT2D eigenvalue weighted by atomic mass is 16.5. The van der Waals surface area contributed by atoms with Gasteiger partial charge in [-0.05, 0) is 12.3 Å². The molecule has 19 heavy (non-hydrogen) atoms. The van der Waals surface area contributed by atoms with Gasteiger partial charge in [-0.25, -0.2) is 0 Å². The molecule has 0 spiro atoms. The molecule has 0 bridgehead atoms. The lowest BCUT2D eigenvalue weighted by Crippen LogP contribution is -2.41. The van der Waals surface area contributed by atoms with Crippen LogP contribution in [0.15, 0.2) is 4.52 Å². The van der Waals surface area contributed by atoms with E-state index in [4.69, 9.17) is 9.63 Å². The molecule has 0 saturated carbocycles. The first kappa shape index (κ1) is 15.6. The van der Waals surface area contributed by atoms with E-state index in [2.05, 4.69) is 15.5 Å². The van der Waals surface area contributed by atoms with Crippen LogP contribution in [0.1, 0.15) is 45.3 Å². The van der Waals surface area contributed by atoms with Crippen LogP contribution in [0.25, 0.3) is 0 Å². The van der Waals surface area contributed by atoms with Crippen molar-refractivity contribution >= 4 is 5.91 Å². The monoisotopic (exact) mass is 269 g/mol. The molecule has 0 aliphatic heterocycles. The molecule has 0 saturated heterocycles. The molecule has 1 aromatic heterocycles. The van der Waals surface area contributed by atoms with Crippen LogP contribution in [0.4, 0.5) is 0 Å². The van der Waals surface area contributed by atoms with Crippen molar-refractivity contribution in [3.63, 3.8) is 0 Å². The Bertz CT molecular complexity index is 390. The van der Waals surface area contributed by atoms with Gasteiger partial charge in [-0.15, -0.1) is 0 Å². The number of hydrogen-bond acceptors (Lipinski definition) is 5. The molecule has 0 radical (unpaired) electrons. The number of aromatic nitrogens is 2. The van der Waals surface area contributed by atoms with Crippen molar-refractivity contribution in [1.82, 2.24) is 15.5 Å².